The zero-order valence-electron chi connectivity index (χ0n) is 35.3. The van der Waals surface area contributed by atoms with Crippen LogP contribution in [0.1, 0.15) is 102 Å². The minimum absolute atomic E-state index is 0.454. The summed E-state index contributed by atoms with van der Waals surface area (Å²) in [7, 11) is -8.74. The average Bonchev–Trinajstić information content (AvgIpc) is 3.22. The molecule has 0 amide bonds. The Balaban J connectivity index is 3.87. The minimum Gasteiger partial charge on any atom is -0.232 e. The van der Waals surface area contributed by atoms with Gasteiger partial charge in [-0.2, -0.15) is 0 Å². The highest BCUT2D eigenvalue weighted by Crippen LogP contribution is 2.38. The molecule has 0 aliphatic heterocycles. The molecule has 0 atom stereocenters. The van der Waals surface area contributed by atoms with E-state index in [0.29, 0.717) is 24.2 Å². The maximum absolute atomic E-state index is 2.90. The van der Waals surface area contributed by atoms with Crippen molar-refractivity contribution in [2.75, 3.05) is 0 Å². The van der Waals surface area contributed by atoms with Crippen LogP contribution in [0.15, 0.2) is 0 Å². The summed E-state index contributed by atoms with van der Waals surface area (Å²) in [6, 6.07) is 1.82. The van der Waals surface area contributed by atoms with Crippen molar-refractivity contribution >= 4 is 59.0 Å². The quantitative estimate of drug-likeness (QED) is 0.153. The third-order valence-corrected chi connectivity index (χ3v) is 53.4. The topological polar surface area (TPSA) is 17.6 Å². The molecule has 0 radical (unpaired) electrons. The van der Waals surface area contributed by atoms with Gasteiger partial charge in [0.1, 0.15) is 38.6 Å². The van der Waals surface area contributed by atoms with Crippen LogP contribution < -0.4 is 20.0 Å². The van der Waals surface area contributed by atoms with Gasteiger partial charge < -0.3 is 0 Å². The Bertz CT molecular complexity index is 1230. The van der Waals surface area contributed by atoms with Crippen LogP contribution in [0.5, 0.6) is 0 Å². The fraction of sp³-hybridized carbons (Fsp3) is 0.833. The van der Waals surface area contributed by atoms with Crippen LogP contribution in [-0.2, 0) is 0 Å². The van der Waals surface area contributed by atoms with Crippen molar-refractivity contribution in [1.82, 2.24) is 9.13 Å². The Morgan fingerprint density at radius 2 is 0.652 bits per heavy atom. The highest BCUT2D eigenvalue weighted by Gasteiger charge is 2.55. The summed E-state index contributed by atoms with van der Waals surface area (Å²) >= 11 is 0. The molecule has 0 aliphatic carbocycles. The smallest absolute Gasteiger partial charge is 0.232 e. The number of aromatic nitrogens is 4. The van der Waals surface area contributed by atoms with E-state index in [4.69, 9.17) is 0 Å². The second-order valence-corrected chi connectivity index (χ2v) is 51.6. The van der Waals surface area contributed by atoms with Crippen LogP contribution in [0.4, 0.5) is 0 Å². The first kappa shape index (κ1) is 41.9. The molecule has 2 aromatic rings. The van der Waals surface area contributed by atoms with Crippen molar-refractivity contribution < 1.29 is 9.13 Å². The highest BCUT2D eigenvalue weighted by atomic mass is 28.9. The molecule has 0 spiro atoms. The molecule has 0 fully saturated rings. The number of hydrogen-bond donors (Lipinski definition) is 0. The molecule has 10 heteroatoms. The van der Waals surface area contributed by atoms with E-state index in [9.17, 15) is 0 Å². The summed E-state index contributed by atoms with van der Waals surface area (Å²) in [6.45, 7) is 62.6. The monoisotopic (exact) mass is 734 g/mol. The van der Waals surface area contributed by atoms with Crippen LogP contribution in [0.2, 0.25) is 88.1 Å². The summed E-state index contributed by atoms with van der Waals surface area (Å²) in [5.41, 5.74) is 9.61. The largest absolute Gasteiger partial charge is 0.238 e. The number of imidazole rings is 2. The Labute approximate surface area is 294 Å². The third-order valence-electron chi connectivity index (χ3n) is 10.3. The van der Waals surface area contributed by atoms with Gasteiger partial charge in [-0.15, -0.1) is 0 Å². The molecular weight excluding hydrogens is 657 g/mol. The SMILES string of the molecule is Cc1c(C)[n+](C(C)C)c(/[Si](C([Si](C)(C)C)[Si](C)(C)C)=[Si](/c2n(C(C)C)c(C)c(C)[n+]2C(C)C)C([Si](C)(C)C)[Si](C)(C)C)n1C(C)C. The zero-order chi connectivity index (χ0) is 36.4. The minimum atomic E-state index is -1.63. The van der Waals surface area contributed by atoms with Crippen molar-refractivity contribution in [3.63, 3.8) is 0 Å². The molecular formula is C36H78N4Si6+2. The van der Waals surface area contributed by atoms with Crippen LogP contribution in [0.3, 0.4) is 0 Å². The average molecular weight is 736 g/mol. The van der Waals surface area contributed by atoms with Crippen molar-refractivity contribution in [2.45, 2.75) is 195 Å². The third kappa shape index (κ3) is 8.02. The Kier molecular flexibility index (Phi) is 12.9. The van der Waals surface area contributed by atoms with E-state index in [1.165, 1.54) is 22.8 Å². The van der Waals surface area contributed by atoms with Gasteiger partial charge in [-0.1, -0.05) is 78.6 Å². The van der Waals surface area contributed by atoms with Crippen LogP contribution >= 0.6 is 0 Å². The number of hydrogen-bond acceptors (Lipinski definition) is 0. The van der Waals surface area contributed by atoms with E-state index in [1.807, 2.05) is 0 Å². The van der Waals surface area contributed by atoms with Crippen molar-refractivity contribution in [3.05, 3.63) is 22.8 Å². The molecule has 0 saturated heterocycles. The molecule has 0 aliphatic rings. The van der Waals surface area contributed by atoms with E-state index in [1.54, 1.807) is 10.9 Å². The predicted molar refractivity (Wildman–Crippen MR) is 221 cm³/mol. The number of nitrogens with zero attached hydrogens (tertiary/aromatic N) is 4. The second kappa shape index (κ2) is 14.2. The van der Waals surface area contributed by atoms with Crippen molar-refractivity contribution in [1.29, 1.82) is 0 Å². The molecule has 4 nitrogen and oxygen atoms in total. The molecule has 2 rings (SSSR count). The summed E-state index contributed by atoms with van der Waals surface area (Å²) in [4.78, 5) is 1.73. The fourth-order valence-electron chi connectivity index (χ4n) is 9.75. The van der Waals surface area contributed by atoms with Gasteiger partial charge in [0.25, 0.3) is 0 Å². The zero-order valence-corrected chi connectivity index (χ0v) is 41.3. The van der Waals surface area contributed by atoms with Crippen LogP contribution in [0.25, 0.3) is 0 Å². The van der Waals surface area contributed by atoms with Gasteiger partial charge >= 0.3 is 0 Å². The maximum Gasteiger partial charge on any atom is 0.238 e. The molecule has 2 aromatic heterocycles. The lowest BCUT2D eigenvalue weighted by molar-refractivity contribution is -0.705. The van der Waals surface area contributed by atoms with Crippen molar-refractivity contribution in [2.24, 2.45) is 0 Å². The molecule has 0 unspecified atom stereocenters. The maximum atomic E-state index is 2.90. The van der Waals surface area contributed by atoms with Gasteiger partial charge in [0, 0.05) is 60.0 Å². The predicted octanol–water partition coefficient (Wildman–Crippen LogP) is 8.85. The standard InChI is InChI=1S/C36H78N4Si6/c1-25(2)37-29(9)30(10)38(26(3)4)33(37)41(35(43(13,14)15)44(16,17)18)42(36(45(19,20)21)46(22,23)24)34-39(27(5)6)31(11)32(12)40(34)28(7)8/h25-28,35-36H,1-24H3/q+2. The molecule has 0 bridgehead atoms. The van der Waals surface area contributed by atoms with Crippen LogP contribution in [0, 0.1) is 27.7 Å². The van der Waals surface area contributed by atoms with E-state index >= 15 is 0 Å². The van der Waals surface area contributed by atoms with E-state index in [2.05, 4.69) is 180 Å². The summed E-state index contributed by atoms with van der Waals surface area (Å²) in [5.74, 6) is 0. The Morgan fingerprint density at radius 1 is 0.435 bits per heavy atom. The second-order valence-electron chi connectivity index (χ2n) is 20.0. The van der Waals surface area contributed by atoms with Gasteiger partial charge in [-0.05, 0) is 65.0 Å². The van der Waals surface area contributed by atoms with E-state index < -0.39 is 48.1 Å². The first-order chi connectivity index (χ1) is 20.4. The fourth-order valence-corrected chi connectivity index (χ4v) is 76.2. The van der Waals surface area contributed by atoms with Gasteiger partial charge in [0.15, 0.2) is 0 Å². The summed E-state index contributed by atoms with van der Waals surface area (Å²) in [6.07, 6.45) is 0. The van der Waals surface area contributed by atoms with E-state index in [-0.39, 0.29) is 0 Å². The normalized spacial score (nSPS) is 14.7. The molecule has 0 aromatic carbocycles. The first-order valence-electron chi connectivity index (χ1n) is 18.4. The lowest BCUT2D eigenvalue weighted by Crippen LogP contribution is -2.72. The van der Waals surface area contributed by atoms with Gasteiger partial charge in [-0.25, -0.2) is 18.3 Å². The lowest BCUT2D eigenvalue weighted by Gasteiger charge is -2.44. The van der Waals surface area contributed by atoms with E-state index in [0.717, 1.165) is 9.58 Å². The van der Waals surface area contributed by atoms with Gasteiger partial charge in [0.2, 0.25) is 10.9 Å². The van der Waals surface area contributed by atoms with Gasteiger partial charge in [0.05, 0.1) is 24.2 Å². The highest BCUT2D eigenvalue weighted by molar-refractivity contribution is 7.27. The Morgan fingerprint density at radius 3 is 0.804 bits per heavy atom. The molecule has 46 heavy (non-hydrogen) atoms. The first-order valence-corrected chi connectivity index (χ1v) is 36.9. The Hall–Kier alpha value is -0.279. The van der Waals surface area contributed by atoms with Crippen molar-refractivity contribution in [3.8, 4) is 0 Å². The molecule has 0 N–H and O–H groups in total. The lowest BCUT2D eigenvalue weighted by atomic mass is 10.3. The summed E-state index contributed by atoms with van der Waals surface area (Å²) in [5, 5.41) is 0. The summed E-state index contributed by atoms with van der Waals surface area (Å²) < 4.78 is 11.6. The van der Waals surface area contributed by atoms with Crippen LogP contribution in [-0.4, -0.2) is 57.2 Å². The van der Waals surface area contributed by atoms with Gasteiger partial charge in [-0.3, -0.25) is 0 Å². The molecule has 0 saturated carbocycles. The number of rotatable bonds is 12. The molecule has 264 valence electrons. The molecule has 2 heterocycles.